The van der Waals surface area contributed by atoms with Gasteiger partial charge in [-0.3, -0.25) is 4.79 Å². The number of nitrogens with one attached hydrogen (secondary N) is 1. The lowest BCUT2D eigenvalue weighted by atomic mass is 10.2. The van der Waals surface area contributed by atoms with Crippen LogP contribution >= 0.6 is 15.9 Å². The molecule has 0 spiro atoms. The van der Waals surface area contributed by atoms with Crippen molar-refractivity contribution in [1.82, 2.24) is 4.98 Å². The number of nitrogens with zero attached hydrogens (tertiary/aromatic N) is 2. The van der Waals surface area contributed by atoms with Gasteiger partial charge in [-0.05, 0) is 30.3 Å². The van der Waals surface area contributed by atoms with Crippen LogP contribution in [0.2, 0.25) is 0 Å². The van der Waals surface area contributed by atoms with Crippen molar-refractivity contribution in [1.29, 1.82) is 5.26 Å². The minimum atomic E-state index is -0.394. The highest BCUT2D eigenvalue weighted by molar-refractivity contribution is 9.10. The molecule has 6 heteroatoms. The zero-order chi connectivity index (χ0) is 13.8. The number of amides is 1. The van der Waals surface area contributed by atoms with Crippen LogP contribution in [-0.4, -0.2) is 10.9 Å². The summed E-state index contributed by atoms with van der Waals surface area (Å²) in [6.45, 7) is 0. The van der Waals surface area contributed by atoms with Gasteiger partial charge in [0.2, 0.25) is 0 Å². The van der Waals surface area contributed by atoms with E-state index in [4.69, 9.17) is 11.0 Å². The van der Waals surface area contributed by atoms with Gasteiger partial charge in [-0.15, -0.1) is 0 Å². The summed E-state index contributed by atoms with van der Waals surface area (Å²) < 4.78 is 0.770. The first-order valence-corrected chi connectivity index (χ1v) is 6.12. The first kappa shape index (κ1) is 13.1. The third kappa shape index (κ3) is 3.09. The first-order chi connectivity index (χ1) is 9.10. The Morgan fingerprint density at radius 3 is 2.79 bits per heavy atom. The molecule has 0 unspecified atom stereocenters. The summed E-state index contributed by atoms with van der Waals surface area (Å²) in [4.78, 5) is 15.9. The molecule has 0 aliphatic rings. The number of nitrogen functional groups attached to an aromatic ring is 1. The van der Waals surface area contributed by atoms with E-state index in [1.54, 1.807) is 24.3 Å². The van der Waals surface area contributed by atoms with Gasteiger partial charge < -0.3 is 11.1 Å². The second kappa shape index (κ2) is 5.50. The van der Waals surface area contributed by atoms with Gasteiger partial charge in [-0.1, -0.05) is 15.9 Å². The third-order valence-electron chi connectivity index (χ3n) is 2.37. The molecule has 94 valence electrons. The predicted molar refractivity (Wildman–Crippen MR) is 75.5 cm³/mol. The van der Waals surface area contributed by atoms with Crippen LogP contribution in [0.15, 0.2) is 41.0 Å². The Hall–Kier alpha value is -2.39. The second-order valence-electron chi connectivity index (χ2n) is 3.73. The van der Waals surface area contributed by atoms with Crippen LogP contribution in [0.25, 0.3) is 0 Å². The Labute approximate surface area is 118 Å². The number of halogens is 1. The number of pyridine rings is 1. The van der Waals surface area contributed by atoms with Crippen LogP contribution in [-0.2, 0) is 0 Å². The van der Waals surface area contributed by atoms with E-state index in [0.717, 1.165) is 4.47 Å². The third-order valence-corrected chi connectivity index (χ3v) is 2.86. The number of carbonyl (C=O) groups is 1. The summed E-state index contributed by atoms with van der Waals surface area (Å²) in [5.41, 5.74) is 7.03. The number of hydrogen-bond acceptors (Lipinski definition) is 4. The number of benzene rings is 1. The molecule has 5 nitrogen and oxygen atoms in total. The van der Waals surface area contributed by atoms with E-state index in [-0.39, 0.29) is 5.69 Å². The lowest BCUT2D eigenvalue weighted by Crippen LogP contribution is -2.14. The minimum absolute atomic E-state index is 0.234. The fourth-order valence-corrected chi connectivity index (χ4v) is 1.80. The zero-order valence-electron chi connectivity index (χ0n) is 9.72. The van der Waals surface area contributed by atoms with Gasteiger partial charge >= 0.3 is 0 Å². The summed E-state index contributed by atoms with van der Waals surface area (Å²) in [5, 5.41) is 11.6. The molecule has 0 atom stereocenters. The molecule has 1 aromatic heterocycles. The molecule has 0 bridgehead atoms. The van der Waals surface area contributed by atoms with Gasteiger partial charge in [0.05, 0.1) is 23.1 Å². The highest BCUT2D eigenvalue weighted by Gasteiger charge is 2.10. The molecule has 2 rings (SSSR count). The molecule has 1 aromatic carbocycles. The Bertz CT molecular complexity index is 661. The first-order valence-electron chi connectivity index (χ1n) is 5.32. The van der Waals surface area contributed by atoms with Crippen molar-refractivity contribution in [3.05, 3.63) is 52.3 Å². The van der Waals surface area contributed by atoms with Gasteiger partial charge in [-0.25, -0.2) is 4.98 Å². The molecule has 19 heavy (non-hydrogen) atoms. The summed E-state index contributed by atoms with van der Waals surface area (Å²) in [7, 11) is 0. The minimum Gasteiger partial charge on any atom is -0.397 e. The quantitative estimate of drug-likeness (QED) is 0.890. The highest BCUT2D eigenvalue weighted by atomic mass is 79.9. The summed E-state index contributed by atoms with van der Waals surface area (Å²) >= 11 is 3.29. The van der Waals surface area contributed by atoms with Crippen LogP contribution in [0.3, 0.4) is 0 Å². The van der Waals surface area contributed by atoms with Crippen molar-refractivity contribution in [2.24, 2.45) is 0 Å². The Kier molecular flexibility index (Phi) is 3.78. The van der Waals surface area contributed by atoms with E-state index >= 15 is 0 Å². The molecule has 0 aliphatic carbocycles. The molecular formula is C13H9BrN4O. The van der Waals surface area contributed by atoms with Crippen molar-refractivity contribution in [3.63, 3.8) is 0 Å². The Morgan fingerprint density at radius 2 is 2.16 bits per heavy atom. The number of nitriles is 1. The molecule has 0 aliphatic heterocycles. The van der Waals surface area contributed by atoms with Crippen molar-refractivity contribution in [2.75, 3.05) is 11.1 Å². The number of nitrogens with two attached hydrogens (primary N) is 1. The predicted octanol–water partition coefficient (Wildman–Crippen LogP) is 2.55. The molecule has 2 aromatic rings. The maximum Gasteiger partial charge on any atom is 0.274 e. The van der Waals surface area contributed by atoms with Crippen LogP contribution in [0.1, 0.15) is 16.1 Å². The standard InChI is InChI=1S/C13H9BrN4O/c14-9-2-1-8(6-15)12(5-9)18-13(19)11-4-3-10(16)7-17-11/h1-5,7H,16H2,(H,18,19). The average Bonchev–Trinajstić information content (AvgIpc) is 2.39. The summed E-state index contributed by atoms with van der Waals surface area (Å²) in [6, 6.07) is 10.1. The molecule has 1 amide bonds. The topological polar surface area (TPSA) is 91.8 Å². The monoisotopic (exact) mass is 316 g/mol. The molecule has 1 heterocycles. The fourth-order valence-electron chi connectivity index (χ4n) is 1.44. The normalized spacial score (nSPS) is 9.68. The van der Waals surface area contributed by atoms with Gasteiger partial charge in [-0.2, -0.15) is 5.26 Å². The molecule has 0 fully saturated rings. The Morgan fingerprint density at radius 1 is 1.37 bits per heavy atom. The summed E-state index contributed by atoms with van der Waals surface area (Å²) in [5.74, 6) is -0.394. The van der Waals surface area contributed by atoms with Crippen molar-refractivity contribution in [3.8, 4) is 6.07 Å². The van der Waals surface area contributed by atoms with E-state index in [2.05, 4.69) is 26.2 Å². The molecule has 0 saturated carbocycles. The van der Waals surface area contributed by atoms with E-state index in [0.29, 0.717) is 16.9 Å². The number of anilines is 2. The number of carbonyl (C=O) groups excluding carboxylic acids is 1. The highest BCUT2D eigenvalue weighted by Crippen LogP contribution is 2.21. The van der Waals surface area contributed by atoms with E-state index < -0.39 is 5.91 Å². The van der Waals surface area contributed by atoms with Crippen molar-refractivity contribution in [2.45, 2.75) is 0 Å². The zero-order valence-corrected chi connectivity index (χ0v) is 11.3. The lowest BCUT2D eigenvalue weighted by Gasteiger charge is -2.07. The second-order valence-corrected chi connectivity index (χ2v) is 4.65. The Balaban J connectivity index is 2.26. The van der Waals surface area contributed by atoms with Crippen LogP contribution in [0.4, 0.5) is 11.4 Å². The number of aromatic nitrogens is 1. The van der Waals surface area contributed by atoms with E-state index in [1.165, 1.54) is 12.3 Å². The fraction of sp³-hybridized carbons (Fsp3) is 0. The molecular weight excluding hydrogens is 308 g/mol. The molecule has 3 N–H and O–H groups in total. The maximum atomic E-state index is 12.0. The van der Waals surface area contributed by atoms with Crippen LogP contribution < -0.4 is 11.1 Å². The average molecular weight is 317 g/mol. The van der Waals surface area contributed by atoms with Gasteiger partial charge in [0.25, 0.3) is 5.91 Å². The summed E-state index contributed by atoms with van der Waals surface area (Å²) in [6.07, 6.45) is 1.40. The van der Waals surface area contributed by atoms with E-state index in [1.807, 2.05) is 6.07 Å². The van der Waals surface area contributed by atoms with Gasteiger partial charge in [0.15, 0.2) is 0 Å². The van der Waals surface area contributed by atoms with E-state index in [9.17, 15) is 4.79 Å². The number of rotatable bonds is 2. The smallest absolute Gasteiger partial charge is 0.274 e. The van der Waals surface area contributed by atoms with Crippen molar-refractivity contribution >= 4 is 33.2 Å². The molecule has 0 radical (unpaired) electrons. The van der Waals surface area contributed by atoms with Gasteiger partial charge in [0, 0.05) is 4.47 Å². The SMILES string of the molecule is N#Cc1ccc(Br)cc1NC(=O)c1ccc(N)cn1. The van der Waals surface area contributed by atoms with Gasteiger partial charge in [0.1, 0.15) is 11.8 Å². The maximum absolute atomic E-state index is 12.0. The van der Waals surface area contributed by atoms with Crippen molar-refractivity contribution < 1.29 is 4.79 Å². The largest absolute Gasteiger partial charge is 0.397 e. The molecule has 0 saturated heterocycles. The van der Waals surface area contributed by atoms with Crippen LogP contribution in [0.5, 0.6) is 0 Å². The number of hydrogen-bond donors (Lipinski definition) is 2. The lowest BCUT2D eigenvalue weighted by molar-refractivity contribution is 0.102. The van der Waals surface area contributed by atoms with Crippen LogP contribution in [0, 0.1) is 11.3 Å².